The Morgan fingerprint density at radius 3 is 3.13 bits per heavy atom. The molecule has 3 unspecified atom stereocenters. The molecule has 128 valence electrons. The largest absolute Gasteiger partial charge is 0.493 e. The Hall–Kier alpha value is -1.26. The van der Waals surface area contributed by atoms with E-state index in [4.69, 9.17) is 34.1 Å². The number of rotatable bonds is 4. The first kappa shape index (κ1) is 5.12. The molecule has 2 aliphatic rings. The maximum atomic E-state index is 11.1. The average molecular weight is 339 g/mol. The van der Waals surface area contributed by atoms with Crippen molar-refractivity contribution in [1.82, 2.24) is 4.90 Å². The Morgan fingerprint density at radius 1 is 1.57 bits per heavy atom. The van der Waals surface area contributed by atoms with Crippen LogP contribution in [0.5, 0.6) is 11.5 Å². The standard InChI is InChI=1S/C19H29NO3/c1-12(2)7-14-11-20-6-5-13-8-18(22-3)19(23-4)9-15(13)16(20)10-17(14)21/h8-9,12,14,16-17,21H,5-7,10-11H2,1-4H3/i1D3,2D3,3D3,5D2,6D2,7D2,8D,9D,12D,16D. The molecule has 0 bridgehead atoms. The van der Waals surface area contributed by atoms with E-state index in [1.54, 1.807) is 0 Å². The summed E-state index contributed by atoms with van der Waals surface area (Å²) in [5.41, 5.74) is -1.69. The summed E-state index contributed by atoms with van der Waals surface area (Å²) in [4.78, 5) is 0.387. The molecule has 0 aliphatic carbocycles. The zero-order chi connectivity index (χ0) is 33.0. The number of nitrogens with zero attached hydrogens (tertiary/aromatic N) is 1. The highest BCUT2D eigenvalue weighted by Crippen LogP contribution is 2.43. The predicted molar refractivity (Wildman–Crippen MR) is 91.1 cm³/mol. The second-order valence-corrected chi connectivity index (χ2v) is 5.16. The zero-order valence-electron chi connectivity index (χ0n) is 31.3. The lowest BCUT2D eigenvalue weighted by Gasteiger charge is -2.46. The van der Waals surface area contributed by atoms with E-state index in [9.17, 15) is 6.48 Å². The molecule has 0 spiro atoms. The predicted octanol–water partition coefficient (Wildman–Crippen LogP) is 3.03. The van der Waals surface area contributed by atoms with Crippen LogP contribution in [0.2, 0.25) is 0 Å². The minimum atomic E-state index is -3.86. The van der Waals surface area contributed by atoms with E-state index in [0.717, 1.165) is 7.11 Å². The van der Waals surface area contributed by atoms with Gasteiger partial charge in [-0.3, -0.25) is 4.90 Å². The molecule has 0 radical (unpaired) electrons. The summed E-state index contributed by atoms with van der Waals surface area (Å²) in [6.45, 7) is -12.2. The molecule has 4 heteroatoms. The number of hydrogen-bond donors (Lipinski definition) is 1. The van der Waals surface area contributed by atoms with Gasteiger partial charge in [-0.2, -0.15) is 0 Å². The van der Waals surface area contributed by atoms with Gasteiger partial charge in [0, 0.05) is 36.9 Å². The summed E-state index contributed by atoms with van der Waals surface area (Å²) in [6, 6.07) is -4.63. The van der Waals surface area contributed by atoms with Crippen LogP contribution in [0.15, 0.2) is 12.1 Å². The second kappa shape index (κ2) is 6.70. The van der Waals surface area contributed by atoms with Crippen molar-refractivity contribution in [2.45, 2.75) is 45.0 Å². The highest BCUT2D eigenvalue weighted by Gasteiger charge is 2.38. The van der Waals surface area contributed by atoms with Gasteiger partial charge in [-0.1, -0.05) is 13.7 Å². The Labute approximate surface area is 166 Å². The summed E-state index contributed by atoms with van der Waals surface area (Å²) < 4.78 is 165. The van der Waals surface area contributed by atoms with Crippen molar-refractivity contribution in [3.05, 3.63) is 23.2 Å². The summed E-state index contributed by atoms with van der Waals surface area (Å²) in [5.74, 6) is -7.69. The molecular formula is C19H29NO3. The minimum Gasteiger partial charge on any atom is -0.493 e. The lowest BCUT2D eigenvalue weighted by atomic mass is 9.79. The summed E-state index contributed by atoms with van der Waals surface area (Å²) in [5, 5.41) is 11.1. The van der Waals surface area contributed by atoms with E-state index in [1.165, 1.54) is 0 Å². The van der Waals surface area contributed by atoms with Crippen LogP contribution >= 0.6 is 0 Å². The van der Waals surface area contributed by atoms with Crippen LogP contribution in [0.1, 0.15) is 69.7 Å². The third kappa shape index (κ3) is 3.20. The molecule has 23 heavy (non-hydrogen) atoms. The highest BCUT2D eigenvalue weighted by molar-refractivity contribution is 5.49. The number of ether oxygens (including phenoxy) is 2. The monoisotopic (exact) mass is 338 g/mol. The molecule has 4 nitrogen and oxygen atoms in total. The molecule has 1 N–H and O–H groups in total. The Morgan fingerprint density at radius 2 is 2.39 bits per heavy atom. The first-order valence-corrected chi connectivity index (χ1v) is 6.83. The topological polar surface area (TPSA) is 41.9 Å². The number of aliphatic hydroxyl groups is 1. The van der Waals surface area contributed by atoms with Crippen LogP contribution in [-0.4, -0.2) is 43.3 Å². The molecule has 3 atom stereocenters. The third-order valence-electron chi connectivity index (χ3n) is 3.75. The molecule has 1 aromatic carbocycles. The van der Waals surface area contributed by atoms with Gasteiger partial charge in [0.15, 0.2) is 11.5 Å². The van der Waals surface area contributed by atoms with Crippen molar-refractivity contribution < 1.29 is 40.6 Å². The van der Waals surface area contributed by atoms with Crippen molar-refractivity contribution in [3.63, 3.8) is 0 Å². The van der Waals surface area contributed by atoms with Crippen molar-refractivity contribution in [2.75, 3.05) is 27.2 Å². The maximum absolute atomic E-state index is 11.1. The molecule has 0 aromatic heterocycles. The number of benzene rings is 1. The summed E-state index contributed by atoms with van der Waals surface area (Å²) in [7, 11) is -2.25. The van der Waals surface area contributed by atoms with Crippen LogP contribution in [0.3, 0.4) is 0 Å². The van der Waals surface area contributed by atoms with Crippen molar-refractivity contribution in [1.29, 1.82) is 0 Å². The van der Waals surface area contributed by atoms with Crippen LogP contribution in [0.25, 0.3) is 0 Å². The van der Waals surface area contributed by atoms with Gasteiger partial charge in [-0.25, -0.2) is 0 Å². The van der Waals surface area contributed by atoms with E-state index in [1.807, 2.05) is 0 Å². The van der Waals surface area contributed by atoms with Gasteiger partial charge in [0.1, 0.15) is 0 Å². The molecule has 0 amide bonds. The summed E-state index contributed by atoms with van der Waals surface area (Å²) >= 11 is 0. The van der Waals surface area contributed by atoms with Gasteiger partial charge in [0.25, 0.3) is 0 Å². The molecule has 1 fully saturated rings. The van der Waals surface area contributed by atoms with Crippen LogP contribution in [0.4, 0.5) is 0 Å². The number of aliphatic hydroxyl groups excluding tert-OH is 1. The molecule has 2 heterocycles. The fraction of sp³-hybridized carbons (Fsp3) is 0.684. The lowest BCUT2D eigenvalue weighted by Crippen LogP contribution is -2.48. The summed E-state index contributed by atoms with van der Waals surface area (Å²) in [6.07, 6.45) is -10.2. The van der Waals surface area contributed by atoms with Crippen LogP contribution in [-0.2, 0) is 6.37 Å². The van der Waals surface area contributed by atoms with E-state index < -0.39 is 112 Å². The van der Waals surface area contributed by atoms with E-state index in [0.29, 0.717) is 4.90 Å². The van der Waals surface area contributed by atoms with Gasteiger partial charge >= 0.3 is 0 Å². The van der Waals surface area contributed by atoms with Crippen molar-refractivity contribution in [2.24, 2.45) is 11.8 Å². The van der Waals surface area contributed by atoms with Gasteiger partial charge < -0.3 is 14.6 Å². The average Bonchev–Trinajstić information content (AvgIpc) is 2.76. The minimum absolute atomic E-state index is 0.387. The van der Waals surface area contributed by atoms with Gasteiger partial charge in [-0.15, -0.1) is 0 Å². The van der Waals surface area contributed by atoms with Gasteiger partial charge in [0.2, 0.25) is 0 Å². The Kier molecular flexibility index (Phi) is 1.49. The molecule has 3 rings (SSSR count). The number of hydrogen-bond acceptors (Lipinski definition) is 4. The highest BCUT2D eigenvalue weighted by atomic mass is 16.5. The molecule has 2 aliphatic heterocycles. The zero-order valence-corrected chi connectivity index (χ0v) is 12.3. The van der Waals surface area contributed by atoms with Crippen molar-refractivity contribution >= 4 is 0 Å². The fourth-order valence-corrected chi connectivity index (χ4v) is 2.67. The normalized spacial score (nSPS) is 49.9. The maximum Gasteiger partial charge on any atom is 0.161 e. The molecule has 1 aromatic rings. The lowest BCUT2D eigenvalue weighted by molar-refractivity contribution is -0.0191. The first-order valence-electron chi connectivity index (χ1n) is 16.3. The molecule has 1 saturated heterocycles. The van der Waals surface area contributed by atoms with Gasteiger partial charge in [-0.05, 0) is 54.2 Å². The third-order valence-corrected chi connectivity index (χ3v) is 3.75. The SMILES string of the molecule is [2H]c1c(OC)c(OC([2H])([2H])[2H])c([2H])c2c1C1([2H])CC(O)C(C([2H])([2H])C([2H])(C([2H])([2H])[2H])C([2H])([2H])[2H])CN1C([2H])([2H])C2([2H])[2H]. The number of fused-ring (bicyclic) bond motifs is 3. The van der Waals surface area contributed by atoms with E-state index in [-0.39, 0.29) is 0 Å². The van der Waals surface area contributed by atoms with Crippen LogP contribution in [0, 0.1) is 11.8 Å². The molecular weight excluding hydrogens is 290 g/mol. The Balaban J connectivity index is 2.36. The number of piperidine rings is 1. The van der Waals surface area contributed by atoms with Crippen LogP contribution < -0.4 is 9.47 Å². The smallest absolute Gasteiger partial charge is 0.161 e. The fourth-order valence-electron chi connectivity index (χ4n) is 2.67. The Bertz CT molecular complexity index is 1220. The van der Waals surface area contributed by atoms with E-state index in [2.05, 4.69) is 0 Å². The van der Waals surface area contributed by atoms with E-state index >= 15 is 0 Å². The second-order valence-electron chi connectivity index (χ2n) is 5.16. The first-order chi connectivity index (χ1) is 18.5. The number of methoxy groups -OCH3 is 2. The van der Waals surface area contributed by atoms with Crippen molar-refractivity contribution in [3.8, 4) is 11.5 Å². The quantitative estimate of drug-likeness (QED) is 0.916. The van der Waals surface area contributed by atoms with Gasteiger partial charge in [0.05, 0.1) is 28.5 Å². The molecule has 0 saturated carbocycles.